The van der Waals surface area contributed by atoms with Crippen molar-refractivity contribution in [2.24, 2.45) is 11.8 Å². The van der Waals surface area contributed by atoms with Gasteiger partial charge in [-0.2, -0.15) is 0 Å². The maximum atomic E-state index is 5.53. The molecule has 3 aliphatic rings. The minimum absolute atomic E-state index is 0.0761. The number of ether oxygens (including phenoxy) is 2. The van der Waals surface area contributed by atoms with E-state index in [0.29, 0.717) is 19.3 Å². The molecule has 0 radical (unpaired) electrons. The Kier molecular flexibility index (Phi) is 5.68. The Balaban J connectivity index is 1.37. The van der Waals surface area contributed by atoms with Gasteiger partial charge >= 0.3 is 0 Å². The first kappa shape index (κ1) is 17.4. The van der Waals surface area contributed by atoms with Gasteiger partial charge in [0.1, 0.15) is 12.1 Å². The third-order valence-corrected chi connectivity index (χ3v) is 6.53. The molecule has 0 bridgehead atoms. The summed E-state index contributed by atoms with van der Waals surface area (Å²) in [5.41, 5.74) is 1.03. The second-order valence-electron chi connectivity index (χ2n) is 8.06. The van der Waals surface area contributed by atoms with Crippen LogP contribution >= 0.6 is 0 Å². The predicted octanol–water partition coefficient (Wildman–Crippen LogP) is 2.70. The topological polar surface area (TPSA) is 61.2 Å². The molecule has 0 spiro atoms. The molecule has 0 unspecified atom stereocenters. The van der Waals surface area contributed by atoms with Crippen molar-refractivity contribution in [3.05, 3.63) is 11.9 Å². The highest BCUT2D eigenvalue weighted by Gasteiger charge is 2.33. The average Bonchev–Trinajstić information content (AvgIpc) is 3.41. The number of nitrogens with zero attached hydrogens (tertiary/aromatic N) is 3. The van der Waals surface area contributed by atoms with Crippen LogP contribution in [0.3, 0.4) is 0 Å². The summed E-state index contributed by atoms with van der Waals surface area (Å²) in [7, 11) is 1.74. The van der Waals surface area contributed by atoms with Crippen LogP contribution in [0.25, 0.3) is 0 Å². The van der Waals surface area contributed by atoms with E-state index in [1.807, 2.05) is 4.68 Å². The summed E-state index contributed by atoms with van der Waals surface area (Å²) < 4.78 is 12.9. The first-order valence-electron chi connectivity index (χ1n) is 10.1. The molecule has 0 amide bonds. The lowest BCUT2D eigenvalue weighted by molar-refractivity contribution is 0.0661. The van der Waals surface area contributed by atoms with Gasteiger partial charge in [0.15, 0.2) is 0 Å². The summed E-state index contributed by atoms with van der Waals surface area (Å²) in [5, 5.41) is 12.6. The number of hydrogen-bond acceptors (Lipinski definition) is 5. The molecular weight excluding hydrogens is 316 g/mol. The first-order chi connectivity index (χ1) is 12.3. The molecule has 6 nitrogen and oxygen atoms in total. The molecule has 4 rings (SSSR count). The maximum absolute atomic E-state index is 5.53. The Labute approximate surface area is 150 Å². The maximum Gasteiger partial charge on any atom is 0.105 e. The minimum atomic E-state index is 0.0761. The van der Waals surface area contributed by atoms with Crippen LogP contribution in [0.4, 0.5) is 0 Å². The van der Waals surface area contributed by atoms with Gasteiger partial charge in [0.2, 0.25) is 0 Å². The third-order valence-electron chi connectivity index (χ3n) is 6.53. The fraction of sp³-hybridized carbons (Fsp3) is 0.895. The smallest absolute Gasteiger partial charge is 0.105 e. The van der Waals surface area contributed by atoms with Crippen molar-refractivity contribution in [3.63, 3.8) is 0 Å². The summed E-state index contributed by atoms with van der Waals surface area (Å²) in [6.45, 7) is 2.12. The van der Waals surface area contributed by atoms with Crippen molar-refractivity contribution in [2.75, 3.05) is 20.3 Å². The molecule has 140 valence electrons. The summed E-state index contributed by atoms with van der Waals surface area (Å²) in [5.74, 6) is 1.72. The second-order valence-corrected chi connectivity index (χ2v) is 8.06. The standard InChI is InChI=1S/C19H32N4O2/c1-24-18-13-25-12-17(18)23-11-16(21-22-23)10-20-19(14-6-2-3-7-14)15-8-4-5-9-15/h11,14-15,17-20H,2-10,12-13H2,1H3/t17-,18-/m1/s1. The van der Waals surface area contributed by atoms with E-state index in [-0.39, 0.29) is 12.1 Å². The molecule has 1 saturated heterocycles. The molecule has 1 aromatic rings. The summed E-state index contributed by atoms with van der Waals surface area (Å²) in [4.78, 5) is 0. The molecule has 2 heterocycles. The van der Waals surface area contributed by atoms with Gasteiger partial charge < -0.3 is 14.8 Å². The van der Waals surface area contributed by atoms with Crippen molar-refractivity contribution < 1.29 is 9.47 Å². The van der Waals surface area contributed by atoms with Crippen LogP contribution in [0.5, 0.6) is 0 Å². The van der Waals surface area contributed by atoms with E-state index in [9.17, 15) is 0 Å². The Bertz CT molecular complexity index is 521. The Morgan fingerprint density at radius 2 is 1.84 bits per heavy atom. The van der Waals surface area contributed by atoms with Gasteiger partial charge in [-0.1, -0.05) is 30.9 Å². The summed E-state index contributed by atoms with van der Waals surface area (Å²) >= 11 is 0. The van der Waals surface area contributed by atoms with Gasteiger partial charge in [0.25, 0.3) is 0 Å². The predicted molar refractivity (Wildman–Crippen MR) is 95.2 cm³/mol. The number of methoxy groups -OCH3 is 1. The van der Waals surface area contributed by atoms with Crippen LogP contribution < -0.4 is 5.32 Å². The number of aromatic nitrogens is 3. The fourth-order valence-corrected chi connectivity index (χ4v) is 5.13. The van der Waals surface area contributed by atoms with E-state index >= 15 is 0 Å². The Morgan fingerprint density at radius 3 is 2.48 bits per heavy atom. The second kappa shape index (κ2) is 8.14. The molecule has 2 atom stereocenters. The number of rotatable bonds is 7. The molecule has 25 heavy (non-hydrogen) atoms. The van der Waals surface area contributed by atoms with E-state index in [0.717, 1.165) is 24.1 Å². The van der Waals surface area contributed by atoms with Crippen LogP contribution in [-0.4, -0.2) is 47.5 Å². The van der Waals surface area contributed by atoms with Crippen LogP contribution in [-0.2, 0) is 16.0 Å². The molecular formula is C19H32N4O2. The van der Waals surface area contributed by atoms with Gasteiger partial charge in [0.05, 0.1) is 25.1 Å². The minimum Gasteiger partial charge on any atom is -0.377 e. The van der Waals surface area contributed by atoms with Crippen LogP contribution in [0.2, 0.25) is 0 Å². The van der Waals surface area contributed by atoms with Crippen molar-refractivity contribution in [1.29, 1.82) is 0 Å². The number of hydrogen-bond donors (Lipinski definition) is 1. The normalized spacial score (nSPS) is 28.6. The molecule has 2 saturated carbocycles. The quantitative estimate of drug-likeness (QED) is 0.821. The van der Waals surface area contributed by atoms with Crippen molar-refractivity contribution in [1.82, 2.24) is 20.3 Å². The lowest BCUT2D eigenvalue weighted by atomic mass is 9.86. The summed E-state index contributed by atoms with van der Waals surface area (Å²) in [6.07, 6.45) is 13.4. The Hall–Kier alpha value is -0.980. The zero-order valence-corrected chi connectivity index (χ0v) is 15.4. The van der Waals surface area contributed by atoms with E-state index in [1.165, 1.54) is 51.4 Å². The van der Waals surface area contributed by atoms with E-state index in [4.69, 9.17) is 9.47 Å². The van der Waals surface area contributed by atoms with Gasteiger partial charge in [-0.3, -0.25) is 0 Å². The molecule has 0 aromatic carbocycles. The highest BCUT2D eigenvalue weighted by molar-refractivity contribution is 4.97. The van der Waals surface area contributed by atoms with Crippen LogP contribution in [0, 0.1) is 11.8 Å². The van der Waals surface area contributed by atoms with Gasteiger partial charge in [0, 0.05) is 19.7 Å². The lowest BCUT2D eigenvalue weighted by Gasteiger charge is -2.30. The zero-order chi connectivity index (χ0) is 17.1. The van der Waals surface area contributed by atoms with E-state index in [2.05, 4.69) is 21.8 Å². The van der Waals surface area contributed by atoms with Gasteiger partial charge in [-0.15, -0.1) is 5.10 Å². The highest BCUT2D eigenvalue weighted by Crippen LogP contribution is 2.37. The molecule has 6 heteroatoms. The van der Waals surface area contributed by atoms with Gasteiger partial charge in [-0.25, -0.2) is 4.68 Å². The highest BCUT2D eigenvalue weighted by atomic mass is 16.5. The molecule has 1 aliphatic heterocycles. The SMILES string of the molecule is CO[C@@H]1COC[C@H]1n1cc(CNC(C2CCCC2)C2CCCC2)nn1. The van der Waals surface area contributed by atoms with Crippen molar-refractivity contribution >= 4 is 0 Å². The lowest BCUT2D eigenvalue weighted by Crippen LogP contribution is -2.40. The molecule has 1 N–H and O–H groups in total. The summed E-state index contributed by atoms with van der Waals surface area (Å²) in [6, 6.07) is 0.809. The molecule has 1 aromatic heterocycles. The molecule has 2 aliphatic carbocycles. The van der Waals surface area contributed by atoms with Crippen LogP contribution in [0.15, 0.2) is 6.20 Å². The fourth-order valence-electron chi connectivity index (χ4n) is 5.13. The monoisotopic (exact) mass is 348 g/mol. The average molecular weight is 348 g/mol. The largest absolute Gasteiger partial charge is 0.377 e. The van der Waals surface area contributed by atoms with Crippen LogP contribution in [0.1, 0.15) is 63.1 Å². The first-order valence-corrected chi connectivity index (χ1v) is 10.1. The van der Waals surface area contributed by atoms with E-state index < -0.39 is 0 Å². The molecule has 3 fully saturated rings. The van der Waals surface area contributed by atoms with Crippen molar-refractivity contribution in [3.8, 4) is 0 Å². The van der Waals surface area contributed by atoms with E-state index in [1.54, 1.807) is 7.11 Å². The Morgan fingerprint density at radius 1 is 1.16 bits per heavy atom. The number of nitrogens with one attached hydrogen (secondary N) is 1. The van der Waals surface area contributed by atoms with Gasteiger partial charge in [-0.05, 0) is 37.5 Å². The zero-order valence-electron chi connectivity index (χ0n) is 15.4. The van der Waals surface area contributed by atoms with Crippen molar-refractivity contribution in [2.45, 2.75) is 76.1 Å². The third kappa shape index (κ3) is 3.91.